The Kier molecular flexibility index (Phi) is 3.46. The van der Waals surface area contributed by atoms with Crippen LogP contribution in [0.1, 0.15) is 11.1 Å². The summed E-state index contributed by atoms with van der Waals surface area (Å²) >= 11 is 5.87. The van der Waals surface area contributed by atoms with Crippen LogP contribution in [0, 0.1) is 0 Å². The van der Waals surface area contributed by atoms with Crippen LogP contribution in [-0.2, 0) is 14.8 Å². The zero-order valence-electron chi connectivity index (χ0n) is 7.71. The van der Waals surface area contributed by atoms with Gasteiger partial charge in [-0.15, -0.1) is 20.8 Å². The number of aromatic nitrogens is 3. The second kappa shape index (κ2) is 4.24. The molecule has 0 N–H and O–H groups in total. The molecule has 0 spiro atoms. The molecular formula is C6H10ClN3O3S. The largest absolute Gasteiger partial charge is 0.383 e. The Bertz CT molecular complexity index is 402. The summed E-state index contributed by atoms with van der Waals surface area (Å²) in [6.07, 6.45) is 2.33. The lowest BCUT2D eigenvalue weighted by Crippen LogP contribution is -2.17. The fraction of sp³-hybridized carbons (Fsp3) is 0.667. The number of halogens is 1. The van der Waals surface area contributed by atoms with Crippen LogP contribution in [0.4, 0.5) is 0 Å². The predicted octanol–water partition coefficient (Wildman–Crippen LogP) is 0.0121. The van der Waals surface area contributed by atoms with Gasteiger partial charge in [0.1, 0.15) is 5.38 Å². The van der Waals surface area contributed by atoms with Gasteiger partial charge >= 0.3 is 0 Å². The topological polar surface area (TPSA) is 74.1 Å². The minimum atomic E-state index is -3.45. The van der Waals surface area contributed by atoms with E-state index in [1.807, 2.05) is 0 Å². The van der Waals surface area contributed by atoms with E-state index in [1.165, 1.54) is 13.3 Å². The molecule has 0 aliphatic carbocycles. The molecule has 1 aromatic rings. The Morgan fingerprint density at radius 1 is 1.71 bits per heavy atom. The minimum absolute atomic E-state index is 0.199. The number of hydrogen-bond acceptors (Lipinski definition) is 5. The van der Waals surface area contributed by atoms with Gasteiger partial charge in [-0.05, 0) is 0 Å². The molecule has 14 heavy (non-hydrogen) atoms. The average molecular weight is 240 g/mol. The van der Waals surface area contributed by atoms with Crippen molar-refractivity contribution < 1.29 is 13.2 Å². The molecule has 0 bridgehead atoms. The first-order valence-corrected chi connectivity index (χ1v) is 5.99. The third-order valence-corrected chi connectivity index (χ3v) is 2.75. The van der Waals surface area contributed by atoms with Gasteiger partial charge in [-0.2, -0.15) is 0 Å². The van der Waals surface area contributed by atoms with Crippen molar-refractivity contribution in [1.29, 1.82) is 0 Å². The van der Waals surface area contributed by atoms with Gasteiger partial charge in [0.15, 0.2) is 0 Å². The number of hydrogen-bond donors (Lipinski definition) is 0. The summed E-state index contributed by atoms with van der Waals surface area (Å²) < 4.78 is 28.0. The van der Waals surface area contributed by atoms with E-state index >= 15 is 0 Å². The molecule has 80 valence electrons. The second-order valence-corrected chi connectivity index (χ2v) is 5.03. The first-order chi connectivity index (χ1) is 6.46. The molecule has 1 atom stereocenters. The fourth-order valence-electron chi connectivity index (χ4n) is 0.923. The van der Waals surface area contributed by atoms with E-state index in [0.29, 0.717) is 5.69 Å². The van der Waals surface area contributed by atoms with Crippen LogP contribution in [0.25, 0.3) is 0 Å². The molecule has 0 saturated carbocycles. The van der Waals surface area contributed by atoms with Gasteiger partial charge in [-0.3, -0.25) is 0 Å². The minimum Gasteiger partial charge on any atom is -0.383 e. The Balaban J connectivity index is 3.05. The van der Waals surface area contributed by atoms with Crippen molar-refractivity contribution in [3.63, 3.8) is 0 Å². The van der Waals surface area contributed by atoms with Crippen molar-refractivity contribution in [2.45, 2.75) is 5.38 Å². The average Bonchev–Trinajstić information content (AvgIpc) is 2.50. The van der Waals surface area contributed by atoms with Gasteiger partial charge in [0.2, 0.25) is 0 Å². The third-order valence-electron chi connectivity index (χ3n) is 1.49. The molecule has 0 amide bonds. The maximum absolute atomic E-state index is 11.2. The molecule has 1 heterocycles. The number of nitrogens with zero attached hydrogens (tertiary/aromatic N) is 3. The molecule has 1 rings (SSSR count). The van der Waals surface area contributed by atoms with Gasteiger partial charge in [-0.1, -0.05) is 5.21 Å². The summed E-state index contributed by atoms with van der Waals surface area (Å²) in [5.74, 6) is 0. The standard InChI is InChI=1S/C6H10ClN3O3S/c1-13-4-5(7)6-3-8-9-10(6)14(2,11)12/h3,5H,4H2,1-2H3. The first-order valence-electron chi connectivity index (χ1n) is 3.71. The van der Waals surface area contributed by atoms with E-state index in [1.54, 1.807) is 0 Å². The molecule has 0 aromatic carbocycles. The smallest absolute Gasteiger partial charge is 0.252 e. The van der Waals surface area contributed by atoms with E-state index in [9.17, 15) is 8.42 Å². The van der Waals surface area contributed by atoms with Gasteiger partial charge in [-0.25, -0.2) is 8.42 Å². The Hall–Kier alpha value is -0.660. The maximum atomic E-state index is 11.2. The number of alkyl halides is 1. The molecular weight excluding hydrogens is 230 g/mol. The van der Waals surface area contributed by atoms with Gasteiger partial charge in [0.25, 0.3) is 10.0 Å². The second-order valence-electron chi connectivity index (χ2n) is 2.69. The molecule has 0 radical (unpaired) electrons. The quantitative estimate of drug-likeness (QED) is 0.692. The summed E-state index contributed by atoms with van der Waals surface area (Å²) in [6, 6.07) is 0. The Morgan fingerprint density at radius 2 is 2.36 bits per heavy atom. The molecule has 1 aromatic heterocycles. The summed E-state index contributed by atoms with van der Waals surface area (Å²) in [4.78, 5) is 0. The molecule has 8 heteroatoms. The third kappa shape index (κ3) is 2.43. The molecule has 0 saturated heterocycles. The Morgan fingerprint density at radius 3 is 2.86 bits per heavy atom. The zero-order chi connectivity index (χ0) is 10.8. The zero-order valence-corrected chi connectivity index (χ0v) is 9.29. The van der Waals surface area contributed by atoms with E-state index in [2.05, 4.69) is 10.3 Å². The lowest BCUT2D eigenvalue weighted by molar-refractivity contribution is 0.197. The summed E-state index contributed by atoms with van der Waals surface area (Å²) in [5.41, 5.74) is 0.302. The van der Waals surface area contributed by atoms with Gasteiger partial charge in [0.05, 0.1) is 24.8 Å². The lowest BCUT2D eigenvalue weighted by atomic mass is 10.3. The normalized spacial score (nSPS) is 14.2. The summed E-state index contributed by atoms with van der Waals surface area (Å²) in [5, 5.41) is 6.34. The first kappa shape index (κ1) is 11.4. The van der Waals surface area contributed by atoms with Crippen LogP contribution >= 0.6 is 11.6 Å². The van der Waals surface area contributed by atoms with Crippen LogP contribution < -0.4 is 0 Å². The van der Waals surface area contributed by atoms with E-state index < -0.39 is 15.4 Å². The van der Waals surface area contributed by atoms with Crippen LogP contribution in [0.2, 0.25) is 0 Å². The van der Waals surface area contributed by atoms with Crippen molar-refractivity contribution >= 4 is 21.6 Å². The lowest BCUT2D eigenvalue weighted by Gasteiger charge is -2.08. The highest BCUT2D eigenvalue weighted by molar-refractivity contribution is 7.89. The predicted molar refractivity (Wildman–Crippen MR) is 50.7 cm³/mol. The number of methoxy groups -OCH3 is 1. The summed E-state index contributed by atoms with van der Waals surface area (Å²) in [7, 11) is -1.97. The highest BCUT2D eigenvalue weighted by Crippen LogP contribution is 2.19. The molecule has 0 fully saturated rings. The molecule has 6 nitrogen and oxygen atoms in total. The number of ether oxygens (including phenoxy) is 1. The van der Waals surface area contributed by atoms with Gasteiger partial charge < -0.3 is 4.74 Å². The molecule has 1 unspecified atom stereocenters. The van der Waals surface area contributed by atoms with Crippen molar-refractivity contribution in [1.82, 2.24) is 14.4 Å². The highest BCUT2D eigenvalue weighted by Gasteiger charge is 2.19. The van der Waals surface area contributed by atoms with Crippen molar-refractivity contribution in [2.24, 2.45) is 0 Å². The van der Waals surface area contributed by atoms with Crippen LogP contribution in [-0.4, -0.2) is 42.8 Å². The van der Waals surface area contributed by atoms with Crippen molar-refractivity contribution in [2.75, 3.05) is 20.0 Å². The molecule has 0 aliphatic heterocycles. The van der Waals surface area contributed by atoms with Crippen LogP contribution in [0.5, 0.6) is 0 Å². The maximum Gasteiger partial charge on any atom is 0.252 e. The Labute approximate surface area is 86.9 Å². The van der Waals surface area contributed by atoms with E-state index in [0.717, 1.165) is 10.3 Å². The van der Waals surface area contributed by atoms with Gasteiger partial charge in [0, 0.05) is 7.11 Å². The fourth-order valence-corrected chi connectivity index (χ4v) is 1.99. The van der Waals surface area contributed by atoms with Crippen LogP contribution in [0.3, 0.4) is 0 Å². The highest BCUT2D eigenvalue weighted by atomic mass is 35.5. The number of rotatable bonds is 4. The summed E-state index contributed by atoms with van der Waals surface area (Å²) in [6.45, 7) is 0.199. The van der Waals surface area contributed by atoms with E-state index in [4.69, 9.17) is 16.3 Å². The van der Waals surface area contributed by atoms with Crippen molar-refractivity contribution in [3.8, 4) is 0 Å². The van der Waals surface area contributed by atoms with E-state index in [-0.39, 0.29) is 6.61 Å². The SMILES string of the molecule is COCC(Cl)c1cnnn1S(C)(=O)=O. The van der Waals surface area contributed by atoms with Crippen molar-refractivity contribution in [3.05, 3.63) is 11.9 Å². The molecule has 0 aliphatic rings. The van der Waals surface area contributed by atoms with Crippen LogP contribution in [0.15, 0.2) is 6.20 Å². The monoisotopic (exact) mass is 239 g/mol.